The Labute approximate surface area is 208 Å². The van der Waals surface area contributed by atoms with E-state index in [1.807, 2.05) is 26.8 Å². The molecule has 35 heavy (non-hydrogen) atoms. The molecular weight excluding hydrogens is 470 g/mol. The number of rotatable bonds is 7. The third-order valence-corrected chi connectivity index (χ3v) is 5.59. The topological polar surface area (TPSA) is 110 Å². The highest BCUT2D eigenvalue weighted by Crippen LogP contribution is 2.27. The molecule has 9 nitrogen and oxygen atoms in total. The summed E-state index contributed by atoms with van der Waals surface area (Å²) >= 11 is 6.02. The molecule has 0 fully saturated rings. The van der Waals surface area contributed by atoms with Crippen LogP contribution in [0.5, 0.6) is 0 Å². The second-order valence-corrected chi connectivity index (χ2v) is 9.87. The third-order valence-electron chi connectivity index (χ3n) is 5.34. The van der Waals surface area contributed by atoms with E-state index < -0.39 is 16.7 Å². The minimum absolute atomic E-state index is 0.111. The number of amides is 2. The second kappa shape index (κ2) is 10.3. The van der Waals surface area contributed by atoms with E-state index in [1.54, 1.807) is 42.8 Å². The number of aromatic nitrogens is 2. The summed E-state index contributed by atoms with van der Waals surface area (Å²) in [6.45, 7) is 9.46. The summed E-state index contributed by atoms with van der Waals surface area (Å²) in [5, 5.41) is 19.0. The Bertz CT molecular complexity index is 1230. The monoisotopic (exact) mass is 497 g/mol. The van der Waals surface area contributed by atoms with Gasteiger partial charge in [0.2, 0.25) is 5.91 Å². The molecule has 0 saturated carbocycles. The van der Waals surface area contributed by atoms with Crippen LogP contribution in [-0.2, 0) is 10.2 Å². The molecule has 1 aromatic heterocycles. The molecule has 0 saturated heterocycles. The van der Waals surface area contributed by atoms with E-state index in [0.29, 0.717) is 10.8 Å². The summed E-state index contributed by atoms with van der Waals surface area (Å²) in [7, 11) is 0. The van der Waals surface area contributed by atoms with Crippen LogP contribution in [0.4, 0.5) is 11.5 Å². The fourth-order valence-electron chi connectivity index (χ4n) is 3.33. The number of benzene rings is 2. The van der Waals surface area contributed by atoms with Crippen molar-refractivity contribution in [3.8, 4) is 5.69 Å². The Morgan fingerprint density at radius 1 is 1.11 bits per heavy atom. The summed E-state index contributed by atoms with van der Waals surface area (Å²) in [5.74, 6) is -0.329. The van der Waals surface area contributed by atoms with Crippen molar-refractivity contribution >= 4 is 34.9 Å². The average Bonchev–Trinajstić information content (AvgIpc) is 3.21. The smallest absolute Gasteiger partial charge is 0.269 e. The third kappa shape index (κ3) is 6.24. The standard InChI is InChI=1S/C25H28ClN5O4/c1-16(2)29(24(33)17-6-10-20(11-7-17)31(34)35)15-23(32)27-22-14-21(25(3,4)5)28-30(22)19-12-8-18(26)9-13-19/h6-14,16H,15H2,1-5H3,(H,27,32). The molecule has 3 rings (SSSR count). The van der Waals surface area contributed by atoms with Gasteiger partial charge in [-0.25, -0.2) is 4.68 Å². The number of halogens is 1. The maximum absolute atomic E-state index is 13.1. The molecule has 2 amide bonds. The molecule has 3 aromatic rings. The van der Waals surface area contributed by atoms with Crippen molar-refractivity contribution < 1.29 is 14.5 Å². The number of nitrogens with one attached hydrogen (secondary N) is 1. The van der Waals surface area contributed by atoms with Gasteiger partial charge >= 0.3 is 0 Å². The molecule has 0 atom stereocenters. The van der Waals surface area contributed by atoms with Gasteiger partial charge in [-0.15, -0.1) is 0 Å². The van der Waals surface area contributed by atoms with Crippen LogP contribution in [0.3, 0.4) is 0 Å². The van der Waals surface area contributed by atoms with Gasteiger partial charge in [0.05, 0.1) is 16.3 Å². The average molecular weight is 498 g/mol. The van der Waals surface area contributed by atoms with Crippen molar-refractivity contribution in [3.63, 3.8) is 0 Å². The highest BCUT2D eigenvalue weighted by atomic mass is 35.5. The molecule has 0 aliphatic rings. The Balaban J connectivity index is 1.84. The number of anilines is 1. The highest BCUT2D eigenvalue weighted by molar-refractivity contribution is 6.30. The van der Waals surface area contributed by atoms with Gasteiger partial charge in [-0.2, -0.15) is 5.10 Å². The molecule has 1 heterocycles. The van der Waals surface area contributed by atoms with E-state index in [0.717, 1.165) is 11.4 Å². The summed E-state index contributed by atoms with van der Waals surface area (Å²) in [5.41, 5.74) is 1.40. The van der Waals surface area contributed by atoms with Crippen LogP contribution >= 0.6 is 11.6 Å². The number of nitro groups is 1. The molecule has 0 bridgehead atoms. The van der Waals surface area contributed by atoms with Gasteiger partial charge in [0, 0.05) is 40.2 Å². The Kier molecular flexibility index (Phi) is 7.60. The second-order valence-electron chi connectivity index (χ2n) is 9.43. The molecule has 0 aliphatic carbocycles. The maximum atomic E-state index is 13.1. The Hall–Kier alpha value is -3.72. The number of hydrogen-bond acceptors (Lipinski definition) is 5. The number of nitrogens with zero attached hydrogens (tertiary/aromatic N) is 4. The molecule has 2 aromatic carbocycles. The number of carbonyl (C=O) groups is 2. The van der Waals surface area contributed by atoms with E-state index in [1.165, 1.54) is 29.2 Å². The first kappa shape index (κ1) is 25.9. The van der Waals surface area contributed by atoms with Crippen molar-refractivity contribution in [1.82, 2.24) is 14.7 Å². The number of carbonyl (C=O) groups excluding carboxylic acids is 2. The molecule has 1 N–H and O–H groups in total. The Morgan fingerprint density at radius 3 is 2.23 bits per heavy atom. The summed E-state index contributed by atoms with van der Waals surface area (Å²) in [6, 6.07) is 13.9. The largest absolute Gasteiger partial charge is 0.327 e. The van der Waals surface area contributed by atoms with Gasteiger partial charge in [-0.1, -0.05) is 32.4 Å². The first-order chi connectivity index (χ1) is 16.4. The lowest BCUT2D eigenvalue weighted by Gasteiger charge is -2.26. The molecule has 0 unspecified atom stereocenters. The minimum Gasteiger partial charge on any atom is -0.327 e. The zero-order valence-corrected chi connectivity index (χ0v) is 21.0. The highest BCUT2D eigenvalue weighted by Gasteiger charge is 2.25. The predicted octanol–water partition coefficient (Wildman–Crippen LogP) is 5.22. The molecule has 184 valence electrons. The summed E-state index contributed by atoms with van der Waals surface area (Å²) in [4.78, 5) is 37.9. The van der Waals surface area contributed by atoms with Crippen LogP contribution in [0.2, 0.25) is 5.02 Å². The fraction of sp³-hybridized carbons (Fsp3) is 0.320. The van der Waals surface area contributed by atoms with Crippen molar-refractivity contribution in [1.29, 1.82) is 0 Å². The van der Waals surface area contributed by atoms with Gasteiger partial charge in [-0.3, -0.25) is 19.7 Å². The summed E-state index contributed by atoms with van der Waals surface area (Å²) in [6.07, 6.45) is 0. The predicted molar refractivity (Wildman–Crippen MR) is 135 cm³/mol. The van der Waals surface area contributed by atoms with Crippen LogP contribution in [0.1, 0.15) is 50.7 Å². The SMILES string of the molecule is CC(C)N(CC(=O)Nc1cc(C(C)(C)C)nn1-c1ccc(Cl)cc1)C(=O)c1ccc([N+](=O)[O-])cc1. The van der Waals surface area contributed by atoms with Crippen LogP contribution in [0, 0.1) is 10.1 Å². The van der Waals surface area contributed by atoms with E-state index in [2.05, 4.69) is 10.4 Å². The Morgan fingerprint density at radius 2 is 1.71 bits per heavy atom. The summed E-state index contributed by atoms with van der Waals surface area (Å²) < 4.78 is 1.63. The first-order valence-corrected chi connectivity index (χ1v) is 11.5. The van der Waals surface area contributed by atoms with E-state index in [9.17, 15) is 19.7 Å². The maximum Gasteiger partial charge on any atom is 0.269 e. The van der Waals surface area contributed by atoms with Crippen LogP contribution < -0.4 is 5.32 Å². The normalized spacial score (nSPS) is 11.4. The zero-order chi connectivity index (χ0) is 25.9. The lowest BCUT2D eigenvalue weighted by Crippen LogP contribution is -2.42. The molecule has 0 spiro atoms. The van der Waals surface area contributed by atoms with Crippen molar-refractivity contribution in [2.24, 2.45) is 0 Å². The van der Waals surface area contributed by atoms with Crippen LogP contribution in [0.25, 0.3) is 5.69 Å². The number of non-ortho nitro benzene ring substituents is 1. The van der Waals surface area contributed by atoms with E-state index in [-0.39, 0.29) is 29.3 Å². The van der Waals surface area contributed by atoms with E-state index in [4.69, 9.17) is 11.6 Å². The zero-order valence-electron chi connectivity index (χ0n) is 20.3. The van der Waals surface area contributed by atoms with Gasteiger partial charge in [0.15, 0.2) is 0 Å². The molecule has 0 aliphatic heterocycles. The van der Waals surface area contributed by atoms with Crippen molar-refractivity contribution in [3.05, 3.63) is 81.0 Å². The van der Waals surface area contributed by atoms with Gasteiger partial charge in [0.25, 0.3) is 11.6 Å². The number of hydrogen-bond donors (Lipinski definition) is 1. The van der Waals surface area contributed by atoms with E-state index >= 15 is 0 Å². The van der Waals surface area contributed by atoms with Crippen molar-refractivity contribution in [2.75, 3.05) is 11.9 Å². The number of nitro benzene ring substituents is 1. The fourth-order valence-corrected chi connectivity index (χ4v) is 3.46. The van der Waals surface area contributed by atoms with Crippen molar-refractivity contribution in [2.45, 2.75) is 46.1 Å². The lowest BCUT2D eigenvalue weighted by atomic mass is 9.92. The van der Waals surface area contributed by atoms with Gasteiger partial charge in [0.1, 0.15) is 12.4 Å². The molecule has 0 radical (unpaired) electrons. The quantitative estimate of drug-likeness (QED) is 0.355. The van der Waals surface area contributed by atoms with Crippen LogP contribution in [-0.4, -0.2) is 44.0 Å². The van der Waals surface area contributed by atoms with Crippen LogP contribution in [0.15, 0.2) is 54.6 Å². The van der Waals surface area contributed by atoms with Gasteiger partial charge in [-0.05, 0) is 50.2 Å². The lowest BCUT2D eigenvalue weighted by molar-refractivity contribution is -0.384. The molecular formula is C25H28ClN5O4. The first-order valence-electron chi connectivity index (χ1n) is 11.1. The molecule has 10 heteroatoms. The minimum atomic E-state index is -0.530. The van der Waals surface area contributed by atoms with Gasteiger partial charge < -0.3 is 10.2 Å².